The second-order valence-electron chi connectivity index (χ2n) is 9.43. The highest BCUT2D eigenvalue weighted by atomic mass is 32.2. The van der Waals surface area contributed by atoms with E-state index in [1.54, 1.807) is 0 Å². The van der Waals surface area contributed by atoms with Gasteiger partial charge < -0.3 is 4.90 Å². The number of thioether (sulfide) groups is 1. The number of amides is 3. The Morgan fingerprint density at radius 2 is 1.47 bits per heavy atom. The van der Waals surface area contributed by atoms with Crippen LogP contribution in [0, 0.1) is 0 Å². The third-order valence-electron chi connectivity index (χ3n) is 7.73. The number of likely N-dealkylation sites (tertiary alicyclic amines) is 2. The SMILES string of the molecule is O=C1CCN(N2CC(N3CCSCC3)C(N3CCCCC3)(N3CCCCC3=O)C2=O)C1=O. The van der Waals surface area contributed by atoms with Crippen LogP contribution in [0.5, 0.6) is 0 Å². The van der Waals surface area contributed by atoms with Gasteiger partial charge in [-0.2, -0.15) is 11.8 Å². The summed E-state index contributed by atoms with van der Waals surface area (Å²) in [6, 6.07) is -0.209. The van der Waals surface area contributed by atoms with Gasteiger partial charge in [-0.1, -0.05) is 6.42 Å². The molecule has 2 atom stereocenters. The molecule has 5 aliphatic heterocycles. The molecule has 3 amide bonds. The molecule has 0 bridgehead atoms. The summed E-state index contributed by atoms with van der Waals surface area (Å²) in [5.41, 5.74) is -1.09. The fourth-order valence-electron chi connectivity index (χ4n) is 6.18. The molecule has 9 nitrogen and oxygen atoms in total. The van der Waals surface area contributed by atoms with Crippen molar-refractivity contribution in [2.24, 2.45) is 0 Å². The summed E-state index contributed by atoms with van der Waals surface area (Å²) in [5, 5.41) is 2.88. The topological polar surface area (TPSA) is 84.5 Å². The van der Waals surface area contributed by atoms with E-state index >= 15 is 0 Å². The van der Waals surface area contributed by atoms with Crippen LogP contribution >= 0.6 is 11.8 Å². The maximum atomic E-state index is 14.4. The molecule has 0 N–H and O–H groups in total. The van der Waals surface area contributed by atoms with Gasteiger partial charge in [0.05, 0.1) is 19.1 Å². The van der Waals surface area contributed by atoms with Gasteiger partial charge in [-0.15, -0.1) is 0 Å². The van der Waals surface area contributed by atoms with Gasteiger partial charge in [0, 0.05) is 57.1 Å². The lowest BCUT2D eigenvalue weighted by Crippen LogP contribution is -2.75. The van der Waals surface area contributed by atoms with Gasteiger partial charge in [-0.05, 0) is 25.7 Å². The fraction of sp³-hybridized carbons (Fsp3) is 0.818. The molecule has 0 saturated carbocycles. The number of carbonyl (C=O) groups is 4. The van der Waals surface area contributed by atoms with Crippen molar-refractivity contribution < 1.29 is 19.2 Å². The average molecular weight is 464 g/mol. The number of rotatable bonds is 4. The molecule has 0 aromatic rings. The molecule has 5 rings (SSSR count). The van der Waals surface area contributed by atoms with Gasteiger partial charge in [0.2, 0.25) is 11.7 Å². The quantitative estimate of drug-likeness (QED) is 0.549. The normalized spacial score (nSPS) is 33.6. The van der Waals surface area contributed by atoms with Crippen molar-refractivity contribution in [1.29, 1.82) is 0 Å². The van der Waals surface area contributed by atoms with Gasteiger partial charge in [0.15, 0.2) is 5.66 Å². The first-order valence-corrected chi connectivity index (χ1v) is 13.2. The first kappa shape index (κ1) is 22.2. The maximum Gasteiger partial charge on any atom is 0.308 e. The van der Waals surface area contributed by atoms with Crippen LogP contribution < -0.4 is 0 Å². The van der Waals surface area contributed by atoms with Crippen LogP contribution in [-0.4, -0.2) is 117 Å². The number of nitrogens with zero attached hydrogens (tertiary/aromatic N) is 5. The Morgan fingerprint density at radius 3 is 2.12 bits per heavy atom. The second-order valence-corrected chi connectivity index (χ2v) is 10.7. The van der Waals surface area contributed by atoms with Crippen LogP contribution in [-0.2, 0) is 19.2 Å². The summed E-state index contributed by atoms with van der Waals surface area (Å²) in [5.74, 6) is 0.809. The van der Waals surface area contributed by atoms with Gasteiger partial charge >= 0.3 is 5.91 Å². The Hall–Kier alpha value is -1.65. The maximum absolute atomic E-state index is 14.4. The van der Waals surface area contributed by atoms with Crippen LogP contribution in [0.25, 0.3) is 0 Å². The second kappa shape index (κ2) is 8.95. The first-order valence-electron chi connectivity index (χ1n) is 12.1. The standard InChI is InChI=1S/C22H33N5O4S/c28-17-7-11-26(20(17)30)27-16-18(23-12-14-32-15-13-23)22(21(27)31,24-8-3-1-4-9-24)25-10-5-2-6-19(25)29/h18H,1-16H2. The summed E-state index contributed by atoms with van der Waals surface area (Å²) in [6.07, 6.45) is 5.48. The Balaban J connectivity index is 1.60. The summed E-state index contributed by atoms with van der Waals surface area (Å²) < 4.78 is 0. The van der Waals surface area contributed by atoms with E-state index in [0.29, 0.717) is 19.5 Å². The van der Waals surface area contributed by atoms with Crippen molar-refractivity contribution in [1.82, 2.24) is 24.7 Å². The number of carbonyl (C=O) groups excluding carboxylic acids is 4. The lowest BCUT2D eigenvalue weighted by molar-refractivity contribution is -0.179. The highest BCUT2D eigenvalue weighted by Gasteiger charge is 2.66. The molecule has 0 aromatic heterocycles. The number of Topliss-reactive ketones (excluding diaryl/α,β-unsaturated/α-hetero) is 1. The van der Waals surface area contributed by atoms with Gasteiger partial charge in [-0.3, -0.25) is 29.0 Å². The zero-order valence-electron chi connectivity index (χ0n) is 18.7. The molecule has 5 aliphatic rings. The summed E-state index contributed by atoms with van der Waals surface area (Å²) >= 11 is 1.91. The zero-order chi connectivity index (χ0) is 22.3. The minimum atomic E-state index is -1.09. The molecule has 176 valence electrons. The van der Waals surface area contributed by atoms with E-state index < -0.39 is 17.4 Å². The van der Waals surface area contributed by atoms with Crippen LogP contribution in [0.1, 0.15) is 44.9 Å². The fourth-order valence-corrected chi connectivity index (χ4v) is 7.11. The molecular formula is C22H33N5O4S. The highest BCUT2D eigenvalue weighted by Crippen LogP contribution is 2.41. The molecule has 5 heterocycles. The molecule has 0 aliphatic carbocycles. The van der Waals surface area contributed by atoms with E-state index in [2.05, 4.69) is 9.80 Å². The highest BCUT2D eigenvalue weighted by molar-refractivity contribution is 7.99. The summed E-state index contributed by atoms with van der Waals surface area (Å²) in [7, 11) is 0. The molecule has 2 unspecified atom stereocenters. The number of piperidine rings is 2. The number of hydrogen-bond acceptors (Lipinski definition) is 7. The molecule has 32 heavy (non-hydrogen) atoms. The van der Waals surface area contributed by atoms with E-state index in [1.165, 1.54) is 10.0 Å². The smallest absolute Gasteiger partial charge is 0.308 e. The predicted molar refractivity (Wildman–Crippen MR) is 119 cm³/mol. The van der Waals surface area contributed by atoms with Gasteiger partial charge in [0.25, 0.3) is 5.91 Å². The van der Waals surface area contributed by atoms with Crippen molar-refractivity contribution in [2.45, 2.75) is 56.7 Å². The number of ketones is 1. The van der Waals surface area contributed by atoms with E-state index in [4.69, 9.17) is 0 Å². The molecule has 10 heteroatoms. The molecule has 0 aromatic carbocycles. The van der Waals surface area contributed by atoms with Crippen LogP contribution in [0.15, 0.2) is 0 Å². The Labute approximate surface area is 193 Å². The Morgan fingerprint density at radius 1 is 0.750 bits per heavy atom. The zero-order valence-corrected chi connectivity index (χ0v) is 19.5. The van der Waals surface area contributed by atoms with E-state index in [9.17, 15) is 19.2 Å². The van der Waals surface area contributed by atoms with Crippen LogP contribution in [0.3, 0.4) is 0 Å². The van der Waals surface area contributed by atoms with Crippen molar-refractivity contribution in [2.75, 3.05) is 57.3 Å². The van der Waals surface area contributed by atoms with E-state index in [1.807, 2.05) is 16.7 Å². The van der Waals surface area contributed by atoms with Crippen LogP contribution in [0.2, 0.25) is 0 Å². The Bertz CT molecular complexity index is 797. The first-order chi connectivity index (χ1) is 15.5. The van der Waals surface area contributed by atoms with E-state index in [-0.39, 0.29) is 30.8 Å². The third kappa shape index (κ3) is 3.45. The summed E-state index contributed by atoms with van der Waals surface area (Å²) in [4.78, 5) is 58.9. The number of hydrogen-bond donors (Lipinski definition) is 0. The lowest BCUT2D eigenvalue weighted by Gasteiger charge is -2.54. The van der Waals surface area contributed by atoms with E-state index in [0.717, 1.165) is 69.8 Å². The van der Waals surface area contributed by atoms with Gasteiger partial charge in [-0.25, -0.2) is 10.0 Å². The van der Waals surface area contributed by atoms with Crippen molar-refractivity contribution in [3.63, 3.8) is 0 Å². The number of hydrazine groups is 1. The average Bonchev–Trinajstić information content (AvgIpc) is 3.32. The predicted octanol–water partition coefficient (Wildman–Crippen LogP) is 0.157. The van der Waals surface area contributed by atoms with Crippen molar-refractivity contribution >= 4 is 35.3 Å². The minimum absolute atomic E-state index is 0.0391. The molecule has 0 spiro atoms. The molecule has 5 fully saturated rings. The largest absolute Gasteiger partial charge is 0.314 e. The monoisotopic (exact) mass is 463 g/mol. The minimum Gasteiger partial charge on any atom is -0.314 e. The summed E-state index contributed by atoms with van der Waals surface area (Å²) in [6.45, 7) is 4.44. The van der Waals surface area contributed by atoms with Gasteiger partial charge in [0.1, 0.15) is 0 Å². The van der Waals surface area contributed by atoms with Crippen LogP contribution in [0.4, 0.5) is 0 Å². The molecular weight excluding hydrogens is 430 g/mol. The van der Waals surface area contributed by atoms with Crippen molar-refractivity contribution in [3.8, 4) is 0 Å². The lowest BCUT2D eigenvalue weighted by atomic mass is 9.91. The molecule has 5 saturated heterocycles. The third-order valence-corrected chi connectivity index (χ3v) is 8.68. The molecule has 0 radical (unpaired) electrons. The Kier molecular flexibility index (Phi) is 6.19. The van der Waals surface area contributed by atoms with Crippen molar-refractivity contribution in [3.05, 3.63) is 0 Å².